The van der Waals surface area contributed by atoms with E-state index in [0.29, 0.717) is 5.56 Å². The van der Waals surface area contributed by atoms with Crippen molar-refractivity contribution in [2.75, 3.05) is 0 Å². The lowest BCUT2D eigenvalue weighted by molar-refractivity contribution is 0.611. The van der Waals surface area contributed by atoms with Crippen molar-refractivity contribution in [3.05, 3.63) is 57.0 Å². The summed E-state index contributed by atoms with van der Waals surface area (Å²) in [5.41, 5.74) is 1.46. The number of halogens is 2. The first-order chi connectivity index (χ1) is 7.58. The Morgan fingerprint density at radius 2 is 1.94 bits per heavy atom. The van der Waals surface area contributed by atoms with E-state index in [-0.39, 0.29) is 11.2 Å². The molecule has 0 aliphatic rings. The molecule has 1 aromatic carbocycles. The fourth-order valence-corrected chi connectivity index (χ4v) is 2.84. The molecule has 0 saturated carbocycles. The van der Waals surface area contributed by atoms with Crippen LogP contribution in [-0.4, -0.2) is 0 Å². The summed E-state index contributed by atoms with van der Waals surface area (Å²) in [7, 11) is 0. The minimum Gasteiger partial charge on any atom is -0.207 e. The highest BCUT2D eigenvalue weighted by atomic mass is 35.5. The largest absolute Gasteiger partial charge is 0.207 e. The Morgan fingerprint density at radius 3 is 2.50 bits per heavy atom. The molecule has 16 heavy (non-hydrogen) atoms. The van der Waals surface area contributed by atoms with E-state index < -0.39 is 0 Å². The maximum Gasteiger partial charge on any atom is 0.128 e. The van der Waals surface area contributed by atoms with Gasteiger partial charge in [0.15, 0.2) is 0 Å². The second kappa shape index (κ2) is 4.56. The van der Waals surface area contributed by atoms with E-state index in [9.17, 15) is 4.39 Å². The van der Waals surface area contributed by atoms with Crippen LogP contribution in [0.5, 0.6) is 0 Å². The molecular weight excluding hydrogens is 243 g/mol. The molecule has 0 aliphatic heterocycles. The zero-order chi connectivity index (χ0) is 11.7. The van der Waals surface area contributed by atoms with Gasteiger partial charge in [-0.05, 0) is 37.6 Å². The van der Waals surface area contributed by atoms with Gasteiger partial charge in [0, 0.05) is 15.3 Å². The topological polar surface area (TPSA) is 0 Å². The summed E-state index contributed by atoms with van der Waals surface area (Å²) in [6.07, 6.45) is 0. The summed E-state index contributed by atoms with van der Waals surface area (Å²) in [4.78, 5) is 2.18. The highest BCUT2D eigenvalue weighted by molar-refractivity contribution is 7.12. The van der Waals surface area contributed by atoms with Gasteiger partial charge in [0.2, 0.25) is 0 Å². The third-order valence-corrected chi connectivity index (χ3v) is 4.11. The van der Waals surface area contributed by atoms with Gasteiger partial charge in [0.05, 0.1) is 5.38 Å². The Labute approximate surface area is 104 Å². The number of alkyl halides is 1. The minimum atomic E-state index is -0.390. The van der Waals surface area contributed by atoms with Crippen molar-refractivity contribution in [1.82, 2.24) is 0 Å². The molecule has 1 aromatic heterocycles. The second-order valence-electron chi connectivity index (χ2n) is 3.84. The van der Waals surface area contributed by atoms with Gasteiger partial charge in [0.25, 0.3) is 0 Å². The average molecular weight is 255 g/mol. The Hall–Kier alpha value is -0.860. The van der Waals surface area contributed by atoms with Gasteiger partial charge in [0.1, 0.15) is 5.82 Å². The van der Waals surface area contributed by atoms with Crippen molar-refractivity contribution in [1.29, 1.82) is 0 Å². The highest BCUT2D eigenvalue weighted by Crippen LogP contribution is 2.34. The number of aryl methyl sites for hydroxylation is 2. The third kappa shape index (κ3) is 2.28. The predicted octanol–water partition coefficient (Wildman–Crippen LogP) is 4.83. The Kier molecular flexibility index (Phi) is 3.31. The fraction of sp³-hybridized carbons (Fsp3) is 0.231. The summed E-state index contributed by atoms with van der Waals surface area (Å²) in [5.74, 6) is -0.231. The molecule has 0 bridgehead atoms. The van der Waals surface area contributed by atoms with Crippen LogP contribution in [-0.2, 0) is 0 Å². The predicted molar refractivity (Wildman–Crippen MR) is 67.9 cm³/mol. The van der Waals surface area contributed by atoms with Crippen molar-refractivity contribution >= 4 is 22.9 Å². The standard InChI is InChI=1S/C13H12ClFS/c1-8-3-5-10(11(15)7-8)13(14)12-6-4-9(2)16-12/h3-7,13H,1-2H3. The van der Waals surface area contributed by atoms with Crippen LogP contribution in [0.1, 0.15) is 26.3 Å². The van der Waals surface area contributed by atoms with Crippen molar-refractivity contribution in [3.8, 4) is 0 Å². The van der Waals surface area contributed by atoms with E-state index in [4.69, 9.17) is 11.6 Å². The maximum absolute atomic E-state index is 13.7. The van der Waals surface area contributed by atoms with Crippen LogP contribution < -0.4 is 0 Å². The Morgan fingerprint density at radius 1 is 1.19 bits per heavy atom. The molecule has 0 N–H and O–H groups in total. The van der Waals surface area contributed by atoms with Gasteiger partial charge in [-0.15, -0.1) is 22.9 Å². The molecule has 0 spiro atoms. The van der Waals surface area contributed by atoms with E-state index in [0.717, 1.165) is 10.4 Å². The first kappa shape index (κ1) is 11.6. The molecule has 0 nitrogen and oxygen atoms in total. The van der Waals surface area contributed by atoms with Gasteiger partial charge < -0.3 is 0 Å². The third-order valence-electron chi connectivity index (χ3n) is 2.44. The fourth-order valence-electron chi connectivity index (χ4n) is 1.58. The van der Waals surface area contributed by atoms with Crippen LogP contribution in [0.15, 0.2) is 30.3 Å². The first-order valence-corrected chi connectivity index (χ1v) is 6.29. The minimum absolute atomic E-state index is 0.231. The molecule has 0 saturated heterocycles. The van der Waals surface area contributed by atoms with Gasteiger partial charge in [-0.2, -0.15) is 0 Å². The smallest absolute Gasteiger partial charge is 0.128 e. The first-order valence-electron chi connectivity index (χ1n) is 5.04. The Balaban J connectivity index is 2.37. The number of benzene rings is 1. The molecule has 84 valence electrons. The average Bonchev–Trinajstić information content (AvgIpc) is 2.64. The molecule has 0 radical (unpaired) electrons. The summed E-state index contributed by atoms with van der Waals surface area (Å²) in [6.45, 7) is 3.88. The van der Waals surface area contributed by atoms with Crippen LogP contribution in [0.25, 0.3) is 0 Å². The lowest BCUT2D eigenvalue weighted by Gasteiger charge is -2.09. The molecule has 0 fully saturated rings. The van der Waals surface area contributed by atoms with Crippen LogP contribution in [0.3, 0.4) is 0 Å². The lowest BCUT2D eigenvalue weighted by atomic mass is 10.1. The van der Waals surface area contributed by atoms with Gasteiger partial charge >= 0.3 is 0 Å². The van der Waals surface area contributed by atoms with Crippen LogP contribution in [0.2, 0.25) is 0 Å². The van der Waals surface area contributed by atoms with Gasteiger partial charge in [-0.1, -0.05) is 12.1 Å². The molecule has 2 rings (SSSR count). The lowest BCUT2D eigenvalue weighted by Crippen LogP contribution is -1.95. The van der Waals surface area contributed by atoms with Crippen molar-refractivity contribution in [2.45, 2.75) is 19.2 Å². The molecule has 2 aromatic rings. The van der Waals surface area contributed by atoms with E-state index in [2.05, 4.69) is 0 Å². The SMILES string of the molecule is Cc1ccc(C(Cl)c2ccc(C)s2)c(F)c1. The second-order valence-corrected chi connectivity index (χ2v) is 5.59. The zero-order valence-electron chi connectivity index (χ0n) is 9.13. The van der Waals surface area contributed by atoms with Crippen LogP contribution in [0, 0.1) is 19.7 Å². The highest BCUT2D eigenvalue weighted by Gasteiger charge is 2.16. The van der Waals surface area contributed by atoms with Crippen LogP contribution >= 0.6 is 22.9 Å². The molecule has 1 atom stereocenters. The quantitative estimate of drug-likeness (QED) is 0.673. The molecular formula is C13H12ClFS. The van der Waals surface area contributed by atoms with E-state index in [1.165, 1.54) is 10.9 Å². The van der Waals surface area contributed by atoms with Crippen molar-refractivity contribution < 1.29 is 4.39 Å². The molecule has 1 unspecified atom stereocenters. The number of hydrogen-bond acceptors (Lipinski definition) is 1. The van der Waals surface area contributed by atoms with Crippen molar-refractivity contribution in [3.63, 3.8) is 0 Å². The van der Waals surface area contributed by atoms with E-state index >= 15 is 0 Å². The monoisotopic (exact) mass is 254 g/mol. The molecule has 1 heterocycles. The number of hydrogen-bond donors (Lipinski definition) is 0. The van der Waals surface area contributed by atoms with Gasteiger partial charge in [-0.25, -0.2) is 4.39 Å². The molecule has 0 amide bonds. The maximum atomic E-state index is 13.7. The molecule has 3 heteroatoms. The number of thiophene rings is 1. The normalized spacial score (nSPS) is 12.8. The summed E-state index contributed by atoms with van der Waals surface area (Å²) in [6, 6.07) is 9.12. The summed E-state index contributed by atoms with van der Waals surface area (Å²) in [5, 5.41) is -0.390. The summed E-state index contributed by atoms with van der Waals surface area (Å²) < 4.78 is 13.7. The molecule has 0 aliphatic carbocycles. The van der Waals surface area contributed by atoms with Gasteiger partial charge in [-0.3, -0.25) is 0 Å². The van der Waals surface area contributed by atoms with E-state index in [1.807, 2.05) is 32.0 Å². The Bertz CT molecular complexity index is 504. The number of rotatable bonds is 2. The van der Waals surface area contributed by atoms with E-state index in [1.54, 1.807) is 17.4 Å². The van der Waals surface area contributed by atoms with Crippen molar-refractivity contribution in [2.24, 2.45) is 0 Å². The zero-order valence-corrected chi connectivity index (χ0v) is 10.7. The van der Waals surface area contributed by atoms with Crippen LogP contribution in [0.4, 0.5) is 4.39 Å². The summed E-state index contributed by atoms with van der Waals surface area (Å²) >= 11 is 7.88.